The van der Waals surface area contributed by atoms with Gasteiger partial charge in [-0.15, -0.1) is 0 Å². The summed E-state index contributed by atoms with van der Waals surface area (Å²) in [7, 11) is 0. The fourth-order valence-electron chi connectivity index (χ4n) is 4.02. The zero-order valence-electron chi connectivity index (χ0n) is 20.9. The molecule has 0 spiro atoms. The van der Waals surface area contributed by atoms with Crippen LogP contribution in [0.25, 0.3) is 17.4 Å². The average Bonchev–Trinajstić information content (AvgIpc) is 3.53. The molecule has 1 aliphatic rings. The number of rotatable bonds is 8. The van der Waals surface area contributed by atoms with E-state index in [1.165, 1.54) is 11.8 Å². The summed E-state index contributed by atoms with van der Waals surface area (Å²) in [5.74, 6) is 0.652. The number of amidine groups is 1. The highest BCUT2D eigenvalue weighted by atomic mass is 32.2. The molecule has 38 heavy (non-hydrogen) atoms. The van der Waals surface area contributed by atoms with Crippen LogP contribution in [0.2, 0.25) is 0 Å². The molecule has 4 aromatic rings. The van der Waals surface area contributed by atoms with Crippen molar-refractivity contribution < 1.29 is 18.7 Å². The van der Waals surface area contributed by atoms with Crippen LogP contribution in [0, 0.1) is 0 Å². The minimum atomic E-state index is -0.378. The van der Waals surface area contributed by atoms with E-state index in [9.17, 15) is 9.59 Å². The smallest absolute Gasteiger partial charge is 0.338 e. The third kappa shape index (κ3) is 5.95. The van der Waals surface area contributed by atoms with E-state index in [0.29, 0.717) is 40.3 Å². The van der Waals surface area contributed by atoms with E-state index in [0.717, 1.165) is 23.2 Å². The lowest BCUT2D eigenvalue weighted by Crippen LogP contribution is -2.31. The Kier molecular flexibility index (Phi) is 7.85. The van der Waals surface area contributed by atoms with Gasteiger partial charge in [-0.3, -0.25) is 9.69 Å². The second-order valence-corrected chi connectivity index (χ2v) is 9.55. The van der Waals surface area contributed by atoms with E-state index in [1.807, 2.05) is 66.7 Å². The summed E-state index contributed by atoms with van der Waals surface area (Å²) in [6.07, 6.45) is 2.46. The maximum Gasteiger partial charge on any atom is 0.338 e. The number of hydrogen-bond acceptors (Lipinski definition) is 6. The maximum atomic E-state index is 13.5. The number of esters is 1. The zero-order chi connectivity index (χ0) is 26.3. The molecule has 0 unspecified atom stereocenters. The van der Waals surface area contributed by atoms with E-state index in [2.05, 4.69) is 12.1 Å². The second-order valence-electron chi connectivity index (χ2n) is 8.54. The lowest BCUT2D eigenvalue weighted by Gasteiger charge is -2.15. The molecule has 190 valence electrons. The molecule has 0 atom stereocenters. The Balaban J connectivity index is 1.39. The highest BCUT2D eigenvalue weighted by Crippen LogP contribution is 2.35. The summed E-state index contributed by atoms with van der Waals surface area (Å²) in [6.45, 7) is 2.60. The Bertz CT molecular complexity index is 1490. The van der Waals surface area contributed by atoms with Crippen molar-refractivity contribution in [1.29, 1.82) is 0 Å². The molecule has 7 heteroatoms. The van der Waals surface area contributed by atoms with Crippen molar-refractivity contribution in [2.45, 2.75) is 13.3 Å². The first-order chi connectivity index (χ1) is 18.6. The number of nitrogens with zero attached hydrogens (tertiary/aromatic N) is 2. The third-order valence-electron chi connectivity index (χ3n) is 5.89. The van der Waals surface area contributed by atoms with E-state index in [1.54, 1.807) is 36.1 Å². The Hall–Kier alpha value is -4.36. The first kappa shape index (κ1) is 25.3. The molecule has 1 aliphatic heterocycles. The van der Waals surface area contributed by atoms with Gasteiger partial charge < -0.3 is 9.15 Å². The van der Waals surface area contributed by atoms with Gasteiger partial charge in [-0.1, -0.05) is 60.7 Å². The van der Waals surface area contributed by atoms with Crippen LogP contribution in [0.3, 0.4) is 0 Å². The number of thioether (sulfide) groups is 1. The first-order valence-electron chi connectivity index (χ1n) is 12.4. The molecule has 3 aromatic carbocycles. The van der Waals surface area contributed by atoms with Crippen LogP contribution < -0.4 is 0 Å². The average molecular weight is 523 g/mol. The van der Waals surface area contributed by atoms with Crippen LogP contribution in [0.15, 0.2) is 111 Å². The van der Waals surface area contributed by atoms with Crippen LogP contribution in [0.1, 0.15) is 28.6 Å². The van der Waals surface area contributed by atoms with Crippen LogP contribution in [-0.4, -0.2) is 35.1 Å². The fourth-order valence-corrected chi connectivity index (χ4v) is 5.02. The SMILES string of the molecule is CCOC(=O)c1cccc(-c2ccc(/C=C3/SC(=Nc4ccccc4)N(CCc4ccccc4)C3=O)o2)c1. The summed E-state index contributed by atoms with van der Waals surface area (Å²) in [5.41, 5.74) is 3.15. The van der Waals surface area contributed by atoms with E-state index >= 15 is 0 Å². The zero-order valence-corrected chi connectivity index (χ0v) is 21.7. The predicted octanol–water partition coefficient (Wildman–Crippen LogP) is 6.97. The van der Waals surface area contributed by atoms with Gasteiger partial charge in [0.2, 0.25) is 0 Å². The molecular weight excluding hydrogens is 496 g/mol. The lowest BCUT2D eigenvalue weighted by atomic mass is 10.1. The van der Waals surface area contributed by atoms with Crippen molar-refractivity contribution in [3.63, 3.8) is 0 Å². The van der Waals surface area contributed by atoms with Gasteiger partial charge in [-0.05, 0) is 67.1 Å². The van der Waals surface area contributed by atoms with Crippen LogP contribution >= 0.6 is 11.8 Å². The van der Waals surface area contributed by atoms with Crippen molar-refractivity contribution in [3.8, 4) is 11.3 Å². The number of furan rings is 1. The highest BCUT2D eigenvalue weighted by molar-refractivity contribution is 8.18. The highest BCUT2D eigenvalue weighted by Gasteiger charge is 2.33. The molecule has 6 nitrogen and oxygen atoms in total. The number of ether oxygens (including phenoxy) is 1. The minimum Gasteiger partial charge on any atom is -0.462 e. The molecule has 0 aliphatic carbocycles. The molecule has 2 heterocycles. The van der Waals surface area contributed by atoms with Gasteiger partial charge in [-0.2, -0.15) is 0 Å². The monoisotopic (exact) mass is 522 g/mol. The summed E-state index contributed by atoms with van der Waals surface area (Å²) in [4.78, 5) is 32.6. The van der Waals surface area contributed by atoms with Crippen molar-refractivity contribution in [2.24, 2.45) is 4.99 Å². The Morgan fingerprint density at radius 1 is 0.974 bits per heavy atom. The molecular formula is C31H26N2O4S. The van der Waals surface area contributed by atoms with Crippen molar-refractivity contribution in [1.82, 2.24) is 4.90 Å². The van der Waals surface area contributed by atoms with Gasteiger partial charge in [0.1, 0.15) is 11.5 Å². The number of aliphatic imine (C=N–C) groups is 1. The Morgan fingerprint density at radius 3 is 2.50 bits per heavy atom. The van der Waals surface area contributed by atoms with Crippen molar-refractivity contribution in [2.75, 3.05) is 13.2 Å². The third-order valence-corrected chi connectivity index (χ3v) is 6.90. The number of hydrogen-bond donors (Lipinski definition) is 0. The number of carbonyl (C=O) groups excluding carboxylic acids is 2. The van der Waals surface area contributed by atoms with Crippen molar-refractivity contribution in [3.05, 3.63) is 119 Å². The quantitative estimate of drug-likeness (QED) is 0.185. The molecule has 1 amide bonds. The second kappa shape index (κ2) is 11.8. The molecule has 0 radical (unpaired) electrons. The molecule has 0 saturated carbocycles. The van der Waals surface area contributed by atoms with Crippen LogP contribution in [-0.2, 0) is 16.0 Å². The van der Waals surface area contributed by atoms with E-state index < -0.39 is 0 Å². The van der Waals surface area contributed by atoms with Gasteiger partial charge in [0, 0.05) is 18.2 Å². The summed E-state index contributed by atoms with van der Waals surface area (Å²) in [5, 5.41) is 0.636. The topological polar surface area (TPSA) is 72.1 Å². The molecule has 1 fully saturated rings. The van der Waals surface area contributed by atoms with Crippen LogP contribution in [0.4, 0.5) is 5.69 Å². The number of benzene rings is 3. The largest absolute Gasteiger partial charge is 0.462 e. The van der Waals surface area contributed by atoms with Gasteiger partial charge in [0.25, 0.3) is 5.91 Å². The number of carbonyl (C=O) groups is 2. The van der Waals surface area contributed by atoms with Gasteiger partial charge in [-0.25, -0.2) is 9.79 Å². The maximum absolute atomic E-state index is 13.5. The molecule has 5 rings (SSSR count). The lowest BCUT2D eigenvalue weighted by molar-refractivity contribution is -0.122. The fraction of sp³-hybridized carbons (Fsp3) is 0.129. The van der Waals surface area contributed by atoms with Gasteiger partial charge in [0.05, 0.1) is 22.8 Å². The normalized spacial score (nSPS) is 15.4. The summed E-state index contributed by atoms with van der Waals surface area (Å²) < 4.78 is 11.1. The number of para-hydroxylation sites is 1. The predicted molar refractivity (Wildman–Crippen MR) is 151 cm³/mol. The summed E-state index contributed by atoms with van der Waals surface area (Å²) in [6, 6.07) is 30.4. The van der Waals surface area contributed by atoms with Gasteiger partial charge in [0.15, 0.2) is 5.17 Å². The molecule has 0 N–H and O–H groups in total. The standard InChI is InChI=1S/C31H26N2O4S/c1-2-36-30(35)24-13-9-12-23(20-24)27-17-16-26(37-27)21-28-29(34)33(19-18-22-10-5-3-6-11-22)31(38-28)32-25-14-7-4-8-15-25/h3-17,20-21H,2,18-19H2,1H3/b28-21+,32-31?. The minimum absolute atomic E-state index is 0.108. The molecule has 0 bridgehead atoms. The summed E-state index contributed by atoms with van der Waals surface area (Å²) >= 11 is 1.33. The molecule has 1 aromatic heterocycles. The van der Waals surface area contributed by atoms with E-state index in [4.69, 9.17) is 14.1 Å². The number of amides is 1. The van der Waals surface area contributed by atoms with E-state index in [-0.39, 0.29) is 11.9 Å². The molecule has 1 saturated heterocycles. The van der Waals surface area contributed by atoms with Gasteiger partial charge >= 0.3 is 5.97 Å². The first-order valence-corrected chi connectivity index (χ1v) is 13.2. The van der Waals surface area contributed by atoms with Crippen LogP contribution in [0.5, 0.6) is 0 Å². The van der Waals surface area contributed by atoms with Crippen molar-refractivity contribution >= 4 is 40.6 Å². The Labute approximate surface area is 225 Å². The Morgan fingerprint density at radius 2 is 1.74 bits per heavy atom.